The summed E-state index contributed by atoms with van der Waals surface area (Å²) in [6.07, 6.45) is 4.03. The lowest BCUT2D eigenvalue weighted by Gasteiger charge is -2.16. The van der Waals surface area contributed by atoms with Crippen molar-refractivity contribution >= 4 is 63.3 Å². The van der Waals surface area contributed by atoms with Crippen LogP contribution in [0.3, 0.4) is 0 Å². The first-order valence-corrected chi connectivity index (χ1v) is 12.6. The molecule has 188 valence electrons. The van der Waals surface area contributed by atoms with Gasteiger partial charge in [0.2, 0.25) is 0 Å². The van der Waals surface area contributed by atoms with Gasteiger partial charge in [-0.15, -0.1) is 6.58 Å². The fraction of sp³-hybridized carbons (Fsp3) is 0.111. The number of methoxy groups -OCH3 is 1. The molecule has 4 rings (SSSR count). The predicted octanol–water partition coefficient (Wildman–Crippen LogP) is 6.97. The largest absolute Gasteiger partial charge is 0.493 e. The minimum Gasteiger partial charge on any atom is -0.493 e. The first kappa shape index (κ1) is 26.4. The van der Waals surface area contributed by atoms with Crippen molar-refractivity contribution in [3.8, 4) is 11.5 Å². The Labute approximate surface area is 228 Å². The molecule has 10 heteroatoms. The van der Waals surface area contributed by atoms with Gasteiger partial charge in [-0.2, -0.15) is 0 Å². The van der Waals surface area contributed by atoms with Crippen LogP contribution in [0.25, 0.3) is 6.08 Å². The molecule has 1 heterocycles. The van der Waals surface area contributed by atoms with E-state index in [2.05, 4.69) is 6.58 Å². The molecule has 0 bridgehead atoms. The Morgan fingerprint density at radius 1 is 1.16 bits per heavy atom. The van der Waals surface area contributed by atoms with Crippen LogP contribution in [-0.4, -0.2) is 22.3 Å². The molecule has 1 fully saturated rings. The van der Waals surface area contributed by atoms with Gasteiger partial charge >= 0.3 is 0 Å². The third kappa shape index (κ3) is 6.02. The number of carbonyl (C=O) groups is 1. The average molecular weight is 553 g/mol. The quantitative estimate of drug-likeness (QED) is 0.0931. The van der Waals surface area contributed by atoms with Crippen LogP contribution in [0.15, 0.2) is 78.2 Å². The van der Waals surface area contributed by atoms with Crippen molar-refractivity contribution in [2.24, 2.45) is 0 Å². The molecule has 0 spiro atoms. The molecular weight excluding hydrogens is 532 g/mol. The van der Waals surface area contributed by atoms with Gasteiger partial charge in [0.05, 0.1) is 22.6 Å². The molecule has 37 heavy (non-hydrogen) atoms. The number of rotatable bonds is 9. The van der Waals surface area contributed by atoms with Crippen LogP contribution in [0.2, 0.25) is 5.02 Å². The van der Waals surface area contributed by atoms with E-state index in [0.29, 0.717) is 44.5 Å². The van der Waals surface area contributed by atoms with Crippen molar-refractivity contribution in [1.29, 1.82) is 0 Å². The molecule has 0 aliphatic carbocycles. The Hall–Kier alpha value is -3.66. The Morgan fingerprint density at radius 3 is 2.49 bits per heavy atom. The average Bonchev–Trinajstić information content (AvgIpc) is 3.16. The lowest BCUT2D eigenvalue weighted by atomic mass is 10.0. The number of hydrogen-bond acceptors (Lipinski definition) is 7. The van der Waals surface area contributed by atoms with Crippen LogP contribution in [0.4, 0.5) is 11.4 Å². The molecule has 0 atom stereocenters. The molecule has 0 aromatic heterocycles. The summed E-state index contributed by atoms with van der Waals surface area (Å²) in [5.41, 5.74) is 2.93. The summed E-state index contributed by atoms with van der Waals surface area (Å²) < 4.78 is 12.1. The summed E-state index contributed by atoms with van der Waals surface area (Å²) in [6.45, 7) is 4.17. The Balaban J connectivity index is 1.62. The highest BCUT2D eigenvalue weighted by atomic mass is 35.5. The van der Waals surface area contributed by atoms with Crippen molar-refractivity contribution in [3.05, 3.63) is 110 Å². The van der Waals surface area contributed by atoms with Gasteiger partial charge in [0.15, 0.2) is 15.8 Å². The van der Waals surface area contributed by atoms with E-state index in [1.165, 1.54) is 29.2 Å². The number of hydrogen-bond donors (Lipinski definition) is 0. The lowest BCUT2D eigenvalue weighted by Crippen LogP contribution is -2.27. The number of anilines is 1. The van der Waals surface area contributed by atoms with Gasteiger partial charge in [-0.05, 0) is 60.0 Å². The number of benzene rings is 3. The molecular formula is C27H21ClN2O5S2. The van der Waals surface area contributed by atoms with E-state index in [9.17, 15) is 14.9 Å². The van der Waals surface area contributed by atoms with E-state index < -0.39 is 4.92 Å². The molecule has 1 aliphatic rings. The summed E-state index contributed by atoms with van der Waals surface area (Å²) in [5.74, 6) is 0.800. The number of non-ortho nitro benzene ring substituents is 1. The third-order valence-electron chi connectivity index (χ3n) is 5.44. The van der Waals surface area contributed by atoms with E-state index in [0.717, 1.165) is 28.5 Å². The van der Waals surface area contributed by atoms with Crippen LogP contribution in [0.5, 0.6) is 11.5 Å². The van der Waals surface area contributed by atoms with Crippen molar-refractivity contribution in [3.63, 3.8) is 0 Å². The van der Waals surface area contributed by atoms with E-state index in [1.807, 2.05) is 18.2 Å². The SMILES string of the molecule is C=CCc1cc(/C=C2/SC(=S)N(c3ccc([N+](=O)[O-])cc3)C2=O)cc(OC)c1OCc1ccc(Cl)cc1. The topological polar surface area (TPSA) is 81.9 Å². The number of thioether (sulfide) groups is 1. The van der Waals surface area contributed by atoms with E-state index in [4.69, 9.17) is 33.3 Å². The minimum atomic E-state index is -0.495. The molecule has 3 aromatic carbocycles. The first-order chi connectivity index (χ1) is 17.8. The summed E-state index contributed by atoms with van der Waals surface area (Å²) in [5, 5.41) is 11.6. The molecule has 0 unspecified atom stereocenters. The number of nitro groups is 1. The number of amides is 1. The lowest BCUT2D eigenvalue weighted by molar-refractivity contribution is -0.384. The van der Waals surface area contributed by atoms with Gasteiger partial charge < -0.3 is 9.47 Å². The van der Waals surface area contributed by atoms with Crippen LogP contribution >= 0.6 is 35.6 Å². The molecule has 1 saturated heterocycles. The number of ether oxygens (including phenoxy) is 2. The van der Waals surface area contributed by atoms with E-state index in [-0.39, 0.29) is 11.6 Å². The zero-order valence-corrected chi connectivity index (χ0v) is 22.1. The molecule has 1 aliphatic heterocycles. The minimum absolute atomic E-state index is 0.0649. The second kappa shape index (κ2) is 11.6. The zero-order valence-electron chi connectivity index (χ0n) is 19.7. The number of nitrogens with zero attached hydrogens (tertiary/aromatic N) is 2. The molecule has 0 radical (unpaired) electrons. The van der Waals surface area contributed by atoms with Crippen LogP contribution < -0.4 is 14.4 Å². The summed E-state index contributed by atoms with van der Waals surface area (Å²) >= 11 is 12.6. The molecule has 3 aromatic rings. The second-order valence-corrected chi connectivity index (χ2v) is 10.0. The number of halogens is 1. The fourth-order valence-corrected chi connectivity index (χ4v) is 5.12. The maximum Gasteiger partial charge on any atom is 0.270 e. The van der Waals surface area contributed by atoms with Crippen molar-refractivity contribution in [1.82, 2.24) is 0 Å². The van der Waals surface area contributed by atoms with Gasteiger partial charge in [-0.1, -0.05) is 53.8 Å². The maximum absolute atomic E-state index is 13.2. The normalized spacial score (nSPS) is 14.2. The fourth-order valence-electron chi connectivity index (χ4n) is 3.69. The summed E-state index contributed by atoms with van der Waals surface area (Å²) in [7, 11) is 1.56. The van der Waals surface area contributed by atoms with Crippen LogP contribution in [0.1, 0.15) is 16.7 Å². The Bertz CT molecular complexity index is 1410. The third-order valence-corrected chi connectivity index (χ3v) is 7.00. The van der Waals surface area contributed by atoms with Gasteiger partial charge in [0.1, 0.15) is 6.61 Å². The Morgan fingerprint density at radius 2 is 1.86 bits per heavy atom. The van der Waals surface area contributed by atoms with Crippen molar-refractivity contribution in [2.75, 3.05) is 12.0 Å². The summed E-state index contributed by atoms with van der Waals surface area (Å²) in [6, 6.07) is 16.8. The van der Waals surface area contributed by atoms with Gasteiger partial charge in [-0.3, -0.25) is 19.8 Å². The number of allylic oxidation sites excluding steroid dienone is 1. The Kier molecular flexibility index (Phi) is 8.27. The van der Waals surface area contributed by atoms with Crippen LogP contribution in [-0.2, 0) is 17.8 Å². The van der Waals surface area contributed by atoms with Gasteiger partial charge in [0, 0.05) is 22.7 Å². The molecule has 0 saturated carbocycles. The van der Waals surface area contributed by atoms with E-state index in [1.54, 1.807) is 37.5 Å². The smallest absolute Gasteiger partial charge is 0.270 e. The van der Waals surface area contributed by atoms with E-state index >= 15 is 0 Å². The molecule has 7 nitrogen and oxygen atoms in total. The first-order valence-electron chi connectivity index (χ1n) is 11.0. The highest BCUT2D eigenvalue weighted by Crippen LogP contribution is 2.39. The maximum atomic E-state index is 13.2. The second-order valence-electron chi connectivity index (χ2n) is 7.91. The number of thiocarbonyl (C=S) groups is 1. The van der Waals surface area contributed by atoms with Crippen molar-refractivity contribution in [2.45, 2.75) is 13.0 Å². The van der Waals surface area contributed by atoms with Gasteiger partial charge in [0.25, 0.3) is 11.6 Å². The molecule has 1 amide bonds. The monoisotopic (exact) mass is 552 g/mol. The zero-order chi connectivity index (χ0) is 26.5. The van der Waals surface area contributed by atoms with Crippen LogP contribution in [0, 0.1) is 10.1 Å². The highest BCUT2D eigenvalue weighted by Gasteiger charge is 2.33. The number of carbonyl (C=O) groups excluding carboxylic acids is 1. The molecule has 0 N–H and O–H groups in total. The van der Waals surface area contributed by atoms with Gasteiger partial charge in [-0.25, -0.2) is 0 Å². The standard InChI is InChI=1S/C27H21ClN2O5S2/c1-3-4-19-13-18(14-23(34-2)25(19)35-16-17-5-7-20(28)8-6-17)15-24-26(31)29(27(36)37-24)21-9-11-22(12-10-21)30(32)33/h3,5-15H,1,4,16H2,2H3/b24-15+. The van der Waals surface area contributed by atoms with Crippen molar-refractivity contribution < 1.29 is 19.2 Å². The predicted molar refractivity (Wildman–Crippen MR) is 151 cm³/mol. The number of nitro benzene ring substituents is 1. The highest BCUT2D eigenvalue weighted by molar-refractivity contribution is 8.27. The summed E-state index contributed by atoms with van der Waals surface area (Å²) in [4.78, 5) is 25.4.